The molecule has 0 spiro atoms. The van der Waals surface area contributed by atoms with E-state index in [2.05, 4.69) is 36.5 Å². The standard InChI is InChI=1S/C33H34ClN3O3S/c1-4-22-13-15-23(16-14-22)25-9-5-7-11-27(25)35-30(38)28-21-41-31(36-28)24-17-19-37(20-18-24)32(39)33(2,3)40-29-12-8-6-10-26(29)34/h5-16,21,24H,4,17-20H2,1-3H3,(H,35,38). The van der Waals surface area contributed by atoms with Gasteiger partial charge in [-0.1, -0.05) is 73.1 Å². The number of likely N-dealkylation sites (tertiary alicyclic amines) is 1. The van der Waals surface area contributed by atoms with Gasteiger partial charge in [0.2, 0.25) is 0 Å². The first-order chi connectivity index (χ1) is 19.7. The molecule has 2 amide bonds. The second-order valence-corrected chi connectivity index (χ2v) is 12.0. The second kappa shape index (κ2) is 12.5. The first kappa shape index (κ1) is 28.8. The number of thiazole rings is 1. The van der Waals surface area contributed by atoms with Gasteiger partial charge in [-0.25, -0.2) is 4.98 Å². The van der Waals surface area contributed by atoms with E-state index in [1.54, 1.807) is 26.0 Å². The van der Waals surface area contributed by atoms with E-state index in [0.29, 0.717) is 29.6 Å². The molecule has 6 nitrogen and oxygen atoms in total. The van der Waals surface area contributed by atoms with Gasteiger partial charge in [0.25, 0.3) is 11.8 Å². The zero-order valence-corrected chi connectivity index (χ0v) is 25.1. The fraction of sp³-hybridized carbons (Fsp3) is 0.303. The molecule has 3 aromatic carbocycles. The molecule has 1 aromatic heterocycles. The van der Waals surface area contributed by atoms with E-state index >= 15 is 0 Å². The molecular formula is C33H34ClN3O3S. The van der Waals surface area contributed by atoms with Crippen molar-refractivity contribution in [3.8, 4) is 16.9 Å². The fourth-order valence-electron chi connectivity index (χ4n) is 5.09. The van der Waals surface area contributed by atoms with Gasteiger partial charge in [0, 0.05) is 35.6 Å². The highest BCUT2D eigenvalue weighted by atomic mass is 35.5. The van der Waals surface area contributed by atoms with E-state index in [-0.39, 0.29) is 17.7 Å². The molecule has 8 heteroatoms. The highest BCUT2D eigenvalue weighted by molar-refractivity contribution is 7.10. The number of aryl methyl sites for hydroxylation is 1. The zero-order chi connectivity index (χ0) is 29.0. The number of anilines is 1. The Morgan fingerprint density at radius 2 is 1.71 bits per heavy atom. The Bertz CT molecular complexity index is 1520. The number of amides is 2. The molecular weight excluding hydrogens is 554 g/mol. The Labute approximate surface area is 250 Å². The molecule has 0 radical (unpaired) electrons. The maximum Gasteiger partial charge on any atom is 0.275 e. The number of aromatic nitrogens is 1. The van der Waals surface area contributed by atoms with Gasteiger partial charge < -0.3 is 15.0 Å². The number of hydrogen-bond donors (Lipinski definition) is 1. The number of nitrogens with one attached hydrogen (secondary N) is 1. The van der Waals surface area contributed by atoms with E-state index in [4.69, 9.17) is 21.3 Å². The number of halogens is 1. The summed E-state index contributed by atoms with van der Waals surface area (Å²) in [5.74, 6) is 0.393. The lowest BCUT2D eigenvalue weighted by Crippen LogP contribution is -2.51. The molecule has 1 aliphatic heterocycles. The Balaban J connectivity index is 1.20. The summed E-state index contributed by atoms with van der Waals surface area (Å²) in [6, 6.07) is 23.4. The van der Waals surface area contributed by atoms with E-state index in [1.807, 2.05) is 46.7 Å². The van der Waals surface area contributed by atoms with Gasteiger partial charge in [0.1, 0.15) is 11.4 Å². The third-order valence-electron chi connectivity index (χ3n) is 7.45. The molecule has 212 valence electrons. The van der Waals surface area contributed by atoms with Crippen molar-refractivity contribution in [1.82, 2.24) is 9.88 Å². The van der Waals surface area contributed by atoms with E-state index in [0.717, 1.165) is 41.1 Å². The quantitative estimate of drug-likeness (QED) is 0.228. The van der Waals surface area contributed by atoms with Crippen LogP contribution in [0.5, 0.6) is 5.75 Å². The minimum atomic E-state index is -1.04. The van der Waals surface area contributed by atoms with Crippen molar-refractivity contribution in [2.24, 2.45) is 0 Å². The third kappa shape index (κ3) is 6.63. The summed E-state index contributed by atoms with van der Waals surface area (Å²) in [5.41, 5.74) is 3.42. The molecule has 1 fully saturated rings. The van der Waals surface area contributed by atoms with Gasteiger partial charge in [-0.05, 0) is 62.4 Å². The van der Waals surface area contributed by atoms with E-state index in [1.165, 1.54) is 16.9 Å². The average Bonchev–Trinajstić information content (AvgIpc) is 3.49. The highest BCUT2D eigenvalue weighted by Crippen LogP contribution is 2.34. The van der Waals surface area contributed by atoms with Gasteiger partial charge in [0.05, 0.1) is 10.0 Å². The molecule has 4 aromatic rings. The monoisotopic (exact) mass is 587 g/mol. The number of piperidine rings is 1. The number of carbonyl (C=O) groups is 2. The Kier molecular flexibility index (Phi) is 8.76. The van der Waals surface area contributed by atoms with Gasteiger partial charge in [-0.3, -0.25) is 9.59 Å². The molecule has 1 aliphatic rings. The van der Waals surface area contributed by atoms with Crippen LogP contribution >= 0.6 is 22.9 Å². The van der Waals surface area contributed by atoms with Gasteiger partial charge in [-0.15, -0.1) is 11.3 Å². The van der Waals surface area contributed by atoms with Crippen molar-refractivity contribution in [2.75, 3.05) is 18.4 Å². The summed E-state index contributed by atoms with van der Waals surface area (Å²) < 4.78 is 6.01. The van der Waals surface area contributed by atoms with Crippen LogP contribution in [0.1, 0.15) is 60.6 Å². The minimum absolute atomic E-state index is 0.0712. The molecule has 2 heterocycles. The lowest BCUT2D eigenvalue weighted by molar-refractivity contribution is -0.146. The number of hydrogen-bond acceptors (Lipinski definition) is 5. The molecule has 1 N–H and O–H groups in total. The summed E-state index contributed by atoms with van der Waals surface area (Å²) >= 11 is 7.74. The van der Waals surface area contributed by atoms with E-state index < -0.39 is 5.60 Å². The lowest BCUT2D eigenvalue weighted by Gasteiger charge is -2.36. The smallest absolute Gasteiger partial charge is 0.275 e. The van der Waals surface area contributed by atoms with Crippen LogP contribution in [0.3, 0.4) is 0 Å². The zero-order valence-electron chi connectivity index (χ0n) is 23.5. The maximum atomic E-state index is 13.3. The van der Waals surface area contributed by atoms with Crippen molar-refractivity contribution >= 4 is 40.4 Å². The third-order valence-corrected chi connectivity index (χ3v) is 8.77. The number of carbonyl (C=O) groups excluding carboxylic acids is 2. The topological polar surface area (TPSA) is 71.5 Å². The van der Waals surface area contributed by atoms with Crippen molar-refractivity contribution in [3.05, 3.63) is 99.5 Å². The summed E-state index contributed by atoms with van der Waals surface area (Å²) in [6.07, 6.45) is 2.54. The second-order valence-electron chi connectivity index (χ2n) is 10.7. The fourth-order valence-corrected chi connectivity index (χ4v) is 6.23. The van der Waals surface area contributed by atoms with Gasteiger partial charge in [0.15, 0.2) is 5.60 Å². The summed E-state index contributed by atoms with van der Waals surface area (Å²) in [7, 11) is 0. The molecule has 0 bridgehead atoms. The van der Waals surface area contributed by atoms with Gasteiger partial charge in [-0.2, -0.15) is 0 Å². The summed E-state index contributed by atoms with van der Waals surface area (Å²) in [5, 5.41) is 6.29. The summed E-state index contributed by atoms with van der Waals surface area (Å²) in [6.45, 7) is 6.88. The predicted molar refractivity (Wildman–Crippen MR) is 166 cm³/mol. The van der Waals surface area contributed by atoms with Crippen LogP contribution in [0, 0.1) is 0 Å². The van der Waals surface area contributed by atoms with Crippen molar-refractivity contribution in [1.29, 1.82) is 0 Å². The predicted octanol–water partition coefficient (Wildman–Crippen LogP) is 7.84. The first-order valence-electron chi connectivity index (χ1n) is 13.9. The Morgan fingerprint density at radius 1 is 1.02 bits per heavy atom. The van der Waals surface area contributed by atoms with Gasteiger partial charge >= 0.3 is 0 Å². The van der Waals surface area contributed by atoms with Crippen molar-refractivity contribution in [3.63, 3.8) is 0 Å². The molecule has 0 saturated carbocycles. The maximum absolute atomic E-state index is 13.3. The Hall–Kier alpha value is -3.68. The number of nitrogens with zero attached hydrogens (tertiary/aromatic N) is 2. The lowest BCUT2D eigenvalue weighted by atomic mass is 9.96. The van der Waals surface area contributed by atoms with Crippen molar-refractivity contribution < 1.29 is 14.3 Å². The van der Waals surface area contributed by atoms with Crippen LogP contribution in [-0.2, 0) is 11.2 Å². The van der Waals surface area contributed by atoms with Crippen LogP contribution in [0.25, 0.3) is 11.1 Å². The number of rotatable bonds is 8. The number of benzene rings is 3. The normalized spacial score (nSPS) is 14.1. The van der Waals surface area contributed by atoms with Crippen LogP contribution in [0.4, 0.5) is 5.69 Å². The number of para-hydroxylation sites is 2. The molecule has 1 saturated heterocycles. The minimum Gasteiger partial charge on any atom is -0.476 e. The molecule has 0 unspecified atom stereocenters. The average molecular weight is 588 g/mol. The molecule has 0 aliphatic carbocycles. The highest BCUT2D eigenvalue weighted by Gasteiger charge is 2.37. The van der Waals surface area contributed by atoms with Crippen LogP contribution in [-0.4, -0.2) is 40.4 Å². The first-order valence-corrected chi connectivity index (χ1v) is 15.2. The molecule has 41 heavy (non-hydrogen) atoms. The molecule has 5 rings (SSSR count). The van der Waals surface area contributed by atoms with Crippen LogP contribution < -0.4 is 10.1 Å². The largest absolute Gasteiger partial charge is 0.476 e. The van der Waals surface area contributed by atoms with Crippen LogP contribution in [0.15, 0.2) is 78.2 Å². The Morgan fingerprint density at radius 3 is 2.41 bits per heavy atom. The van der Waals surface area contributed by atoms with E-state index in [9.17, 15) is 9.59 Å². The summed E-state index contributed by atoms with van der Waals surface area (Å²) in [4.78, 5) is 33.0. The van der Waals surface area contributed by atoms with Crippen LogP contribution in [0.2, 0.25) is 5.02 Å². The van der Waals surface area contributed by atoms with Crippen molar-refractivity contribution in [2.45, 2.75) is 51.6 Å². The molecule has 0 atom stereocenters. The number of ether oxygens (including phenoxy) is 1. The SMILES string of the molecule is CCc1ccc(-c2ccccc2NC(=O)c2csc(C3CCN(C(=O)C(C)(C)Oc4ccccc4Cl)CC3)n2)cc1.